The highest BCUT2D eigenvalue weighted by molar-refractivity contribution is 7.98. The van der Waals surface area contributed by atoms with Gasteiger partial charge in [0.15, 0.2) is 0 Å². The topological polar surface area (TPSA) is 36.4 Å². The summed E-state index contributed by atoms with van der Waals surface area (Å²) < 4.78 is 0. The van der Waals surface area contributed by atoms with Gasteiger partial charge >= 0.3 is 0 Å². The summed E-state index contributed by atoms with van der Waals surface area (Å²) in [6.45, 7) is 4.53. The van der Waals surface area contributed by atoms with Gasteiger partial charge in [0, 0.05) is 30.7 Å². The molecule has 1 aromatic carbocycles. The maximum Gasteiger partial charge on any atom is 0.0558 e. The van der Waals surface area contributed by atoms with E-state index in [0.29, 0.717) is 6.54 Å². The highest BCUT2D eigenvalue weighted by Gasteiger charge is 2.08. The summed E-state index contributed by atoms with van der Waals surface area (Å²) in [5.41, 5.74) is 3.56. The Balaban J connectivity index is 2.01. The van der Waals surface area contributed by atoms with Crippen LogP contribution in [0, 0.1) is 0 Å². The third-order valence-electron chi connectivity index (χ3n) is 3.66. The Morgan fingerprint density at radius 1 is 1.05 bits per heavy atom. The molecule has 4 heteroatoms. The molecule has 0 spiro atoms. The Bertz CT molecular complexity index is 505. The molecule has 0 aliphatic rings. The van der Waals surface area contributed by atoms with Crippen molar-refractivity contribution in [3.05, 3.63) is 59.4 Å². The van der Waals surface area contributed by atoms with E-state index in [9.17, 15) is 5.11 Å². The summed E-state index contributed by atoms with van der Waals surface area (Å²) in [5.74, 6) is 0. The number of aliphatic hydroxyl groups excluding tert-OH is 1. The van der Waals surface area contributed by atoms with Gasteiger partial charge in [0.25, 0.3) is 0 Å². The van der Waals surface area contributed by atoms with Gasteiger partial charge in [-0.25, -0.2) is 0 Å². The average molecular weight is 316 g/mol. The van der Waals surface area contributed by atoms with Gasteiger partial charge in [0.05, 0.1) is 12.3 Å². The fraction of sp³-hybridized carbons (Fsp3) is 0.389. The minimum Gasteiger partial charge on any atom is -0.395 e. The lowest BCUT2D eigenvalue weighted by molar-refractivity contribution is 0.183. The largest absolute Gasteiger partial charge is 0.395 e. The van der Waals surface area contributed by atoms with Crippen LogP contribution in [0.2, 0.25) is 0 Å². The van der Waals surface area contributed by atoms with Gasteiger partial charge in [-0.15, -0.1) is 11.8 Å². The van der Waals surface area contributed by atoms with Crippen molar-refractivity contribution in [2.24, 2.45) is 0 Å². The van der Waals surface area contributed by atoms with Crippen LogP contribution in [0.5, 0.6) is 0 Å². The molecule has 0 atom stereocenters. The van der Waals surface area contributed by atoms with Crippen LogP contribution in [0.4, 0.5) is 0 Å². The summed E-state index contributed by atoms with van der Waals surface area (Å²) in [7, 11) is 0. The van der Waals surface area contributed by atoms with Gasteiger partial charge in [0.2, 0.25) is 0 Å². The first-order chi connectivity index (χ1) is 10.7. The van der Waals surface area contributed by atoms with Crippen LogP contribution >= 0.6 is 11.8 Å². The number of aliphatic hydroxyl groups is 1. The molecule has 0 fully saturated rings. The zero-order valence-electron chi connectivity index (χ0n) is 13.3. The van der Waals surface area contributed by atoms with Crippen molar-refractivity contribution in [1.82, 2.24) is 9.88 Å². The molecule has 118 valence electrons. The molecule has 0 radical (unpaired) electrons. The van der Waals surface area contributed by atoms with Crippen molar-refractivity contribution in [3.63, 3.8) is 0 Å². The summed E-state index contributed by atoms with van der Waals surface area (Å²) >= 11 is 1.75. The van der Waals surface area contributed by atoms with Gasteiger partial charge in [0.1, 0.15) is 0 Å². The Hall–Kier alpha value is -1.36. The minimum atomic E-state index is 0.163. The summed E-state index contributed by atoms with van der Waals surface area (Å²) in [5, 5.41) is 9.29. The Morgan fingerprint density at radius 2 is 1.77 bits per heavy atom. The van der Waals surface area contributed by atoms with Gasteiger partial charge in [-0.3, -0.25) is 9.88 Å². The SMILES string of the molecule is CCc1ccc(CN(CCO)Cc2ccc(SC)cc2)nc1. The van der Waals surface area contributed by atoms with E-state index in [1.54, 1.807) is 11.8 Å². The third-order valence-corrected chi connectivity index (χ3v) is 4.40. The van der Waals surface area contributed by atoms with E-state index in [4.69, 9.17) is 0 Å². The lowest BCUT2D eigenvalue weighted by Crippen LogP contribution is -2.26. The van der Waals surface area contributed by atoms with E-state index in [1.165, 1.54) is 16.0 Å². The molecule has 0 saturated carbocycles. The van der Waals surface area contributed by atoms with Gasteiger partial charge in [-0.1, -0.05) is 25.1 Å². The molecule has 0 amide bonds. The zero-order valence-corrected chi connectivity index (χ0v) is 14.1. The van der Waals surface area contributed by atoms with Crippen LogP contribution in [0.1, 0.15) is 23.7 Å². The number of hydrogen-bond donors (Lipinski definition) is 1. The van der Waals surface area contributed by atoms with Crippen LogP contribution in [0.3, 0.4) is 0 Å². The number of pyridine rings is 1. The van der Waals surface area contributed by atoms with E-state index in [0.717, 1.165) is 25.2 Å². The second-order valence-corrected chi connectivity index (χ2v) is 6.17. The summed E-state index contributed by atoms with van der Waals surface area (Å²) in [6, 6.07) is 12.8. The van der Waals surface area contributed by atoms with E-state index >= 15 is 0 Å². The normalized spacial score (nSPS) is 11.1. The van der Waals surface area contributed by atoms with E-state index in [1.807, 2.05) is 6.20 Å². The molecule has 2 aromatic rings. The van der Waals surface area contributed by atoms with Gasteiger partial charge in [-0.05, 0) is 42.0 Å². The predicted molar refractivity (Wildman–Crippen MR) is 93.0 cm³/mol. The van der Waals surface area contributed by atoms with Crippen molar-refractivity contribution in [2.45, 2.75) is 31.3 Å². The van der Waals surface area contributed by atoms with E-state index < -0.39 is 0 Å². The molecule has 0 unspecified atom stereocenters. The van der Waals surface area contributed by atoms with Crippen molar-refractivity contribution in [3.8, 4) is 0 Å². The fourth-order valence-corrected chi connectivity index (χ4v) is 2.74. The molecule has 0 saturated heterocycles. The first-order valence-corrected chi connectivity index (χ1v) is 8.87. The molecule has 2 rings (SSSR count). The number of aryl methyl sites for hydroxylation is 1. The maximum absolute atomic E-state index is 9.29. The number of thioether (sulfide) groups is 1. The molecule has 0 bridgehead atoms. The smallest absolute Gasteiger partial charge is 0.0558 e. The van der Waals surface area contributed by atoms with Crippen molar-refractivity contribution < 1.29 is 5.11 Å². The third kappa shape index (κ3) is 5.13. The van der Waals surface area contributed by atoms with Crippen molar-refractivity contribution >= 4 is 11.8 Å². The van der Waals surface area contributed by atoms with Crippen molar-refractivity contribution in [1.29, 1.82) is 0 Å². The van der Waals surface area contributed by atoms with E-state index in [2.05, 4.69) is 59.5 Å². The van der Waals surface area contributed by atoms with Crippen LogP contribution in [0.15, 0.2) is 47.5 Å². The van der Waals surface area contributed by atoms with Gasteiger partial charge < -0.3 is 5.11 Å². The van der Waals surface area contributed by atoms with Crippen LogP contribution < -0.4 is 0 Å². The number of benzene rings is 1. The summed E-state index contributed by atoms with van der Waals surface area (Å²) in [6.07, 6.45) is 5.04. The minimum absolute atomic E-state index is 0.163. The average Bonchev–Trinajstić information content (AvgIpc) is 2.56. The first kappa shape index (κ1) is 17.0. The Kier molecular flexibility index (Phi) is 6.90. The second-order valence-electron chi connectivity index (χ2n) is 5.29. The van der Waals surface area contributed by atoms with Crippen LogP contribution in [-0.4, -0.2) is 34.4 Å². The van der Waals surface area contributed by atoms with Gasteiger partial charge in [-0.2, -0.15) is 0 Å². The molecular formula is C18H24N2OS. The Labute approximate surface area is 137 Å². The number of nitrogens with zero attached hydrogens (tertiary/aromatic N) is 2. The first-order valence-electron chi connectivity index (χ1n) is 7.65. The number of rotatable bonds is 8. The fourth-order valence-electron chi connectivity index (χ4n) is 2.33. The quantitative estimate of drug-likeness (QED) is 0.758. The maximum atomic E-state index is 9.29. The number of aromatic nitrogens is 1. The standard InChI is InChI=1S/C18H24N2OS/c1-3-15-4-7-17(19-12-15)14-20(10-11-21)13-16-5-8-18(22-2)9-6-16/h4-9,12,21H,3,10-11,13-14H2,1-2H3. The molecule has 22 heavy (non-hydrogen) atoms. The lowest BCUT2D eigenvalue weighted by atomic mass is 10.2. The highest BCUT2D eigenvalue weighted by atomic mass is 32.2. The van der Waals surface area contributed by atoms with Crippen LogP contribution in [0.25, 0.3) is 0 Å². The molecule has 0 aliphatic heterocycles. The zero-order chi connectivity index (χ0) is 15.8. The molecular weight excluding hydrogens is 292 g/mol. The summed E-state index contributed by atoms with van der Waals surface area (Å²) in [4.78, 5) is 8.01. The van der Waals surface area contributed by atoms with E-state index in [-0.39, 0.29) is 6.61 Å². The monoisotopic (exact) mass is 316 g/mol. The predicted octanol–water partition coefficient (Wildman–Crippen LogP) is 3.36. The molecule has 1 N–H and O–H groups in total. The van der Waals surface area contributed by atoms with Crippen LogP contribution in [-0.2, 0) is 19.5 Å². The number of hydrogen-bond acceptors (Lipinski definition) is 4. The molecule has 0 aliphatic carbocycles. The molecule has 1 heterocycles. The Morgan fingerprint density at radius 3 is 2.32 bits per heavy atom. The lowest BCUT2D eigenvalue weighted by Gasteiger charge is -2.21. The van der Waals surface area contributed by atoms with Crippen molar-refractivity contribution in [2.75, 3.05) is 19.4 Å². The highest BCUT2D eigenvalue weighted by Crippen LogP contribution is 2.16. The second kappa shape index (κ2) is 8.93. The molecule has 1 aromatic heterocycles. The molecule has 3 nitrogen and oxygen atoms in total.